The molecule has 0 spiro atoms. The second-order valence-corrected chi connectivity index (χ2v) is 6.09. The third-order valence-corrected chi connectivity index (χ3v) is 4.73. The lowest BCUT2D eigenvalue weighted by molar-refractivity contribution is -0.190. The molecule has 0 radical (unpaired) electrons. The zero-order valence-electron chi connectivity index (χ0n) is 14.3. The van der Waals surface area contributed by atoms with Crippen LogP contribution in [0.25, 0.3) is 0 Å². The van der Waals surface area contributed by atoms with E-state index in [1.807, 2.05) is 74.5 Å². The number of hydrogen-bond donors (Lipinski definition) is 0. The summed E-state index contributed by atoms with van der Waals surface area (Å²) in [5, 5.41) is 1.64. The van der Waals surface area contributed by atoms with Crippen LogP contribution in [0.15, 0.2) is 60.7 Å². The van der Waals surface area contributed by atoms with E-state index < -0.39 is 11.6 Å². The molecule has 3 rings (SSSR count). The minimum Gasteiger partial charge on any atom is -0.465 e. The molecule has 0 bridgehead atoms. The summed E-state index contributed by atoms with van der Waals surface area (Å²) in [5.74, 6) is -0.354. The highest BCUT2D eigenvalue weighted by molar-refractivity contribution is 5.77. The Morgan fingerprint density at radius 3 is 2.04 bits per heavy atom. The summed E-state index contributed by atoms with van der Waals surface area (Å²) in [6, 6.07) is 19.7. The Bertz CT molecular complexity index is 647. The van der Waals surface area contributed by atoms with Gasteiger partial charge in [-0.2, -0.15) is 5.06 Å². The summed E-state index contributed by atoms with van der Waals surface area (Å²) in [4.78, 5) is 18.8. The van der Waals surface area contributed by atoms with Gasteiger partial charge in [-0.1, -0.05) is 67.6 Å². The van der Waals surface area contributed by atoms with Crippen molar-refractivity contribution in [3.8, 4) is 0 Å². The average Bonchev–Trinajstić information content (AvgIpc) is 2.88. The summed E-state index contributed by atoms with van der Waals surface area (Å²) in [5.41, 5.74) is 1.35. The number of ether oxygens (including phenoxy) is 1. The van der Waals surface area contributed by atoms with Crippen LogP contribution in [-0.2, 0) is 20.0 Å². The largest absolute Gasteiger partial charge is 0.465 e. The van der Waals surface area contributed by atoms with Crippen LogP contribution in [0.1, 0.15) is 25.0 Å². The van der Waals surface area contributed by atoms with E-state index in [-0.39, 0.29) is 11.9 Å². The second kappa shape index (κ2) is 6.75. The van der Waals surface area contributed by atoms with Crippen molar-refractivity contribution in [2.45, 2.75) is 25.5 Å². The van der Waals surface area contributed by atoms with Crippen LogP contribution in [0.2, 0.25) is 0 Å². The summed E-state index contributed by atoms with van der Waals surface area (Å²) in [7, 11) is 1.80. The molecule has 4 heteroatoms. The van der Waals surface area contributed by atoms with Gasteiger partial charge in [0.1, 0.15) is 11.6 Å². The predicted octanol–water partition coefficient (Wildman–Crippen LogP) is 3.38. The van der Waals surface area contributed by atoms with Crippen LogP contribution in [0.3, 0.4) is 0 Å². The van der Waals surface area contributed by atoms with Crippen molar-refractivity contribution in [2.75, 3.05) is 13.7 Å². The Hall–Kier alpha value is -2.17. The van der Waals surface area contributed by atoms with E-state index in [9.17, 15) is 4.79 Å². The molecule has 0 unspecified atom stereocenters. The molecule has 2 aromatic rings. The van der Waals surface area contributed by atoms with Gasteiger partial charge in [0.25, 0.3) is 0 Å². The number of nitrogens with zero attached hydrogens (tertiary/aromatic N) is 1. The highest BCUT2D eigenvalue weighted by Gasteiger charge is 2.56. The molecule has 1 aliphatic rings. The number of esters is 1. The molecule has 1 aliphatic heterocycles. The minimum atomic E-state index is -0.714. The van der Waals surface area contributed by atoms with Crippen molar-refractivity contribution >= 4 is 5.97 Å². The van der Waals surface area contributed by atoms with Gasteiger partial charge in [0, 0.05) is 13.0 Å². The summed E-state index contributed by atoms with van der Waals surface area (Å²) < 4.78 is 5.27. The number of carbonyl (C=O) groups excluding carboxylic acids is 1. The number of likely N-dealkylation sites (N-methyl/N-ethyl adjacent to an activating group) is 1. The quantitative estimate of drug-likeness (QED) is 0.808. The highest BCUT2D eigenvalue weighted by atomic mass is 16.7. The number of rotatable bonds is 4. The van der Waals surface area contributed by atoms with Crippen molar-refractivity contribution < 1.29 is 14.4 Å². The number of benzene rings is 2. The molecule has 4 nitrogen and oxygen atoms in total. The van der Waals surface area contributed by atoms with E-state index in [4.69, 9.17) is 9.57 Å². The van der Waals surface area contributed by atoms with E-state index in [2.05, 4.69) is 0 Å². The fourth-order valence-corrected chi connectivity index (χ4v) is 3.65. The standard InChI is InChI=1S/C20H23NO3/c1-4-23-19(22)18-15(2)20(24-21(18)3,16-11-7-5-8-12-16)17-13-9-6-10-14-17/h5-15,18H,4H2,1-3H3/t15-,18+/m0/s1. The van der Waals surface area contributed by atoms with Gasteiger partial charge in [0.2, 0.25) is 0 Å². The summed E-state index contributed by atoms with van der Waals surface area (Å²) in [6.07, 6.45) is 0. The molecule has 2 aromatic carbocycles. The van der Waals surface area contributed by atoms with Gasteiger partial charge in [0.15, 0.2) is 0 Å². The average molecular weight is 325 g/mol. The Morgan fingerprint density at radius 1 is 1.08 bits per heavy atom. The smallest absolute Gasteiger partial charge is 0.326 e. The van der Waals surface area contributed by atoms with Crippen LogP contribution in [0.5, 0.6) is 0 Å². The molecule has 1 saturated heterocycles. The monoisotopic (exact) mass is 325 g/mol. The van der Waals surface area contributed by atoms with Crippen LogP contribution in [-0.4, -0.2) is 30.7 Å². The van der Waals surface area contributed by atoms with Crippen LogP contribution >= 0.6 is 0 Å². The third-order valence-electron chi connectivity index (χ3n) is 4.73. The van der Waals surface area contributed by atoms with Gasteiger partial charge in [-0.15, -0.1) is 0 Å². The van der Waals surface area contributed by atoms with Crippen molar-refractivity contribution in [3.63, 3.8) is 0 Å². The summed E-state index contributed by atoms with van der Waals surface area (Å²) in [6.45, 7) is 4.23. The van der Waals surface area contributed by atoms with Gasteiger partial charge in [-0.25, -0.2) is 0 Å². The Morgan fingerprint density at radius 2 is 1.58 bits per heavy atom. The van der Waals surface area contributed by atoms with Crippen LogP contribution < -0.4 is 0 Å². The lowest BCUT2D eigenvalue weighted by atomic mass is 9.74. The fraction of sp³-hybridized carbons (Fsp3) is 0.350. The maximum atomic E-state index is 12.5. The topological polar surface area (TPSA) is 38.8 Å². The lowest BCUT2D eigenvalue weighted by Gasteiger charge is -2.33. The minimum absolute atomic E-state index is 0.105. The van der Waals surface area contributed by atoms with Gasteiger partial charge in [-0.05, 0) is 18.1 Å². The Labute approximate surface area is 143 Å². The molecule has 126 valence electrons. The Kier molecular flexibility index (Phi) is 4.69. The van der Waals surface area contributed by atoms with Gasteiger partial charge >= 0.3 is 5.97 Å². The van der Waals surface area contributed by atoms with Gasteiger partial charge in [-0.3, -0.25) is 9.63 Å². The molecule has 0 aliphatic carbocycles. The van der Waals surface area contributed by atoms with Crippen molar-refractivity contribution in [1.82, 2.24) is 5.06 Å². The Balaban J connectivity index is 2.12. The van der Waals surface area contributed by atoms with E-state index in [0.717, 1.165) is 11.1 Å². The number of carbonyl (C=O) groups is 1. The van der Waals surface area contributed by atoms with Crippen molar-refractivity contribution in [2.24, 2.45) is 5.92 Å². The van der Waals surface area contributed by atoms with E-state index >= 15 is 0 Å². The molecular weight excluding hydrogens is 302 g/mol. The highest BCUT2D eigenvalue weighted by Crippen LogP contribution is 2.48. The first-order valence-electron chi connectivity index (χ1n) is 8.31. The number of hydrogen-bond acceptors (Lipinski definition) is 4. The van der Waals surface area contributed by atoms with Crippen LogP contribution in [0.4, 0.5) is 0 Å². The fourth-order valence-electron chi connectivity index (χ4n) is 3.65. The predicted molar refractivity (Wildman–Crippen MR) is 92.1 cm³/mol. The molecule has 0 aromatic heterocycles. The normalized spacial score (nSPS) is 23.1. The molecule has 0 saturated carbocycles. The van der Waals surface area contributed by atoms with Crippen LogP contribution in [0, 0.1) is 5.92 Å². The van der Waals surface area contributed by atoms with E-state index in [1.54, 1.807) is 12.1 Å². The third kappa shape index (κ3) is 2.62. The maximum absolute atomic E-state index is 12.5. The van der Waals surface area contributed by atoms with Crippen molar-refractivity contribution in [3.05, 3.63) is 71.8 Å². The van der Waals surface area contributed by atoms with Gasteiger partial charge < -0.3 is 4.74 Å². The molecule has 0 amide bonds. The molecule has 24 heavy (non-hydrogen) atoms. The number of hydroxylamine groups is 2. The molecule has 1 fully saturated rings. The van der Waals surface area contributed by atoms with Gasteiger partial charge in [0.05, 0.1) is 6.61 Å². The molecular formula is C20H23NO3. The van der Waals surface area contributed by atoms with Crippen molar-refractivity contribution in [1.29, 1.82) is 0 Å². The summed E-state index contributed by atoms with van der Waals surface area (Å²) >= 11 is 0. The second-order valence-electron chi connectivity index (χ2n) is 6.09. The molecule has 0 N–H and O–H groups in total. The molecule has 2 atom stereocenters. The first-order valence-corrected chi connectivity index (χ1v) is 8.31. The van der Waals surface area contributed by atoms with E-state index in [0.29, 0.717) is 6.61 Å². The first-order chi connectivity index (χ1) is 11.6. The molecule has 1 heterocycles. The SMILES string of the molecule is CCOC(=O)[C@H]1[C@H](C)C(c2ccccc2)(c2ccccc2)ON1C. The lowest BCUT2D eigenvalue weighted by Crippen LogP contribution is -2.40. The zero-order chi connectivity index (χ0) is 17.2. The maximum Gasteiger partial charge on any atom is 0.326 e. The zero-order valence-corrected chi connectivity index (χ0v) is 14.3. The first kappa shape index (κ1) is 16.7. The van der Waals surface area contributed by atoms with E-state index in [1.165, 1.54) is 0 Å².